The maximum absolute atomic E-state index is 5.32. The zero-order valence-electron chi connectivity index (χ0n) is 13.9. The molecule has 0 saturated heterocycles. The van der Waals surface area contributed by atoms with Gasteiger partial charge < -0.3 is 14.2 Å². The molecule has 0 saturated carbocycles. The Balaban J connectivity index is 2.07. The number of hydrogen-bond donors (Lipinski definition) is 0. The van der Waals surface area contributed by atoms with E-state index >= 15 is 0 Å². The molecular weight excluding hydrogens is 290 g/mol. The second-order valence-electron chi connectivity index (χ2n) is 5.11. The van der Waals surface area contributed by atoms with Crippen LogP contribution in [-0.2, 0) is 11.2 Å². The van der Waals surface area contributed by atoms with E-state index in [1.807, 2.05) is 42.6 Å². The van der Waals surface area contributed by atoms with Crippen molar-refractivity contribution < 1.29 is 14.2 Å². The Morgan fingerprint density at radius 1 is 0.957 bits per heavy atom. The third-order valence-corrected chi connectivity index (χ3v) is 3.57. The average molecular weight is 313 g/mol. The zero-order valence-corrected chi connectivity index (χ0v) is 13.9. The van der Waals surface area contributed by atoms with E-state index in [4.69, 9.17) is 14.2 Å². The van der Waals surface area contributed by atoms with Crippen molar-refractivity contribution in [1.82, 2.24) is 0 Å². The fourth-order valence-electron chi connectivity index (χ4n) is 2.35. The van der Waals surface area contributed by atoms with Crippen molar-refractivity contribution in [1.29, 1.82) is 0 Å². The first-order valence-electron chi connectivity index (χ1n) is 7.55. The first kappa shape index (κ1) is 17.0. The predicted molar refractivity (Wildman–Crippen MR) is 92.8 cm³/mol. The fourth-order valence-corrected chi connectivity index (χ4v) is 2.35. The summed E-state index contributed by atoms with van der Waals surface area (Å²) in [5.41, 5.74) is 2.27. The zero-order chi connectivity index (χ0) is 16.5. The lowest BCUT2D eigenvalue weighted by Crippen LogP contribution is -2.04. The average Bonchev–Trinajstić information content (AvgIpc) is 2.61. The van der Waals surface area contributed by atoms with E-state index in [0.717, 1.165) is 29.0 Å². The Bertz CT molecular complexity index is 626. The highest BCUT2D eigenvalue weighted by molar-refractivity contribution is 5.63. The van der Waals surface area contributed by atoms with E-state index in [9.17, 15) is 0 Å². The van der Waals surface area contributed by atoms with Crippen molar-refractivity contribution in [2.45, 2.75) is 12.5 Å². The Kier molecular flexibility index (Phi) is 6.63. The van der Waals surface area contributed by atoms with Crippen molar-refractivity contribution >= 4 is 6.21 Å². The summed E-state index contributed by atoms with van der Waals surface area (Å²) in [5.74, 6) is 1.46. The van der Waals surface area contributed by atoms with Gasteiger partial charge in [0.1, 0.15) is 0 Å². The summed E-state index contributed by atoms with van der Waals surface area (Å²) >= 11 is 0. The quantitative estimate of drug-likeness (QED) is 0.698. The smallest absolute Gasteiger partial charge is 0.160 e. The molecule has 0 unspecified atom stereocenters. The number of aliphatic imine (C=N–C) groups is 1. The number of nitrogens with zero attached hydrogens (tertiary/aromatic N) is 1. The summed E-state index contributed by atoms with van der Waals surface area (Å²) in [6.45, 7) is 0.562. The number of ether oxygens (including phenoxy) is 3. The number of hydrogen-bond acceptors (Lipinski definition) is 4. The molecule has 4 heteroatoms. The van der Waals surface area contributed by atoms with E-state index in [1.54, 1.807) is 21.3 Å². The number of rotatable bonds is 8. The van der Waals surface area contributed by atoms with Crippen LogP contribution in [0, 0.1) is 0 Å². The molecule has 1 atom stereocenters. The lowest BCUT2D eigenvalue weighted by atomic mass is 10.1. The van der Waals surface area contributed by atoms with Gasteiger partial charge in [-0.15, -0.1) is 0 Å². The van der Waals surface area contributed by atoms with Gasteiger partial charge in [0.05, 0.1) is 26.9 Å². The van der Waals surface area contributed by atoms with Crippen LogP contribution in [0.1, 0.15) is 17.2 Å². The monoisotopic (exact) mass is 313 g/mol. The summed E-state index contributed by atoms with van der Waals surface area (Å²) in [6.07, 6.45) is 2.66. The van der Waals surface area contributed by atoms with Gasteiger partial charge in [-0.3, -0.25) is 4.99 Å². The minimum atomic E-state index is 0.0151. The molecular formula is C19H23NO3. The van der Waals surface area contributed by atoms with Crippen LogP contribution in [0.15, 0.2) is 53.5 Å². The van der Waals surface area contributed by atoms with Gasteiger partial charge in [0.15, 0.2) is 11.5 Å². The lowest BCUT2D eigenvalue weighted by molar-refractivity contribution is 0.181. The van der Waals surface area contributed by atoms with Crippen molar-refractivity contribution in [3.8, 4) is 11.5 Å². The van der Waals surface area contributed by atoms with Crippen molar-refractivity contribution in [3.63, 3.8) is 0 Å². The van der Waals surface area contributed by atoms with E-state index < -0.39 is 0 Å². The minimum Gasteiger partial charge on any atom is -0.493 e. The maximum atomic E-state index is 5.32. The summed E-state index contributed by atoms with van der Waals surface area (Å²) in [6, 6.07) is 16.1. The van der Waals surface area contributed by atoms with Crippen LogP contribution >= 0.6 is 0 Å². The summed E-state index contributed by atoms with van der Waals surface area (Å²) < 4.78 is 15.8. The third kappa shape index (κ3) is 4.83. The van der Waals surface area contributed by atoms with Gasteiger partial charge in [0.2, 0.25) is 0 Å². The van der Waals surface area contributed by atoms with Gasteiger partial charge in [-0.05, 0) is 23.3 Å². The molecule has 0 spiro atoms. The highest BCUT2D eigenvalue weighted by Gasteiger charge is 2.08. The van der Waals surface area contributed by atoms with Crippen LogP contribution in [0.25, 0.3) is 0 Å². The fraction of sp³-hybridized carbons (Fsp3) is 0.316. The molecule has 0 N–H and O–H groups in total. The second-order valence-corrected chi connectivity index (χ2v) is 5.11. The standard InChI is InChI=1S/C19H23NO3/c1-21-14-17(16-7-5-4-6-8-16)20-12-11-15-9-10-18(22-2)19(13-15)23-3/h4-10,12-13,17H,11,14H2,1-3H3/t17-/m0/s1. The normalized spacial score (nSPS) is 12.3. The first-order chi connectivity index (χ1) is 11.3. The second kappa shape index (κ2) is 8.96. The highest BCUT2D eigenvalue weighted by Crippen LogP contribution is 2.27. The van der Waals surface area contributed by atoms with Crippen LogP contribution < -0.4 is 9.47 Å². The molecule has 0 bridgehead atoms. The molecule has 23 heavy (non-hydrogen) atoms. The van der Waals surface area contributed by atoms with Crippen molar-refractivity contribution in [2.24, 2.45) is 4.99 Å². The summed E-state index contributed by atoms with van der Waals surface area (Å²) in [4.78, 5) is 4.65. The Morgan fingerprint density at radius 2 is 1.70 bits per heavy atom. The van der Waals surface area contributed by atoms with Gasteiger partial charge in [-0.2, -0.15) is 0 Å². The molecule has 0 amide bonds. The Morgan fingerprint density at radius 3 is 2.35 bits per heavy atom. The van der Waals surface area contributed by atoms with Gasteiger partial charge in [0.25, 0.3) is 0 Å². The maximum Gasteiger partial charge on any atom is 0.160 e. The van der Waals surface area contributed by atoms with Crippen molar-refractivity contribution in [3.05, 3.63) is 59.7 Å². The van der Waals surface area contributed by atoms with E-state index in [1.165, 1.54) is 0 Å². The molecule has 0 aromatic heterocycles. The molecule has 0 aliphatic heterocycles. The van der Waals surface area contributed by atoms with E-state index in [2.05, 4.69) is 17.1 Å². The van der Waals surface area contributed by atoms with Gasteiger partial charge in [-0.1, -0.05) is 36.4 Å². The molecule has 122 valence electrons. The van der Waals surface area contributed by atoms with Gasteiger partial charge >= 0.3 is 0 Å². The number of benzene rings is 2. The minimum absolute atomic E-state index is 0.0151. The van der Waals surface area contributed by atoms with Crippen LogP contribution in [0.2, 0.25) is 0 Å². The van der Waals surface area contributed by atoms with Crippen LogP contribution in [0.3, 0.4) is 0 Å². The van der Waals surface area contributed by atoms with E-state index in [-0.39, 0.29) is 6.04 Å². The van der Waals surface area contributed by atoms with Gasteiger partial charge in [0, 0.05) is 19.7 Å². The first-order valence-corrected chi connectivity index (χ1v) is 7.55. The summed E-state index contributed by atoms with van der Waals surface area (Å²) in [5, 5.41) is 0. The molecule has 2 aromatic carbocycles. The molecule has 0 heterocycles. The van der Waals surface area contributed by atoms with E-state index in [0.29, 0.717) is 6.61 Å². The molecule has 0 aliphatic carbocycles. The third-order valence-electron chi connectivity index (χ3n) is 3.57. The van der Waals surface area contributed by atoms with Gasteiger partial charge in [-0.25, -0.2) is 0 Å². The van der Waals surface area contributed by atoms with Crippen LogP contribution in [0.5, 0.6) is 11.5 Å². The lowest BCUT2D eigenvalue weighted by Gasteiger charge is -2.12. The molecule has 2 rings (SSSR count). The Hall–Kier alpha value is -2.33. The molecule has 0 fully saturated rings. The van der Waals surface area contributed by atoms with Crippen molar-refractivity contribution in [2.75, 3.05) is 27.9 Å². The molecule has 0 radical (unpaired) electrons. The molecule has 0 aliphatic rings. The topological polar surface area (TPSA) is 40.0 Å². The van der Waals surface area contributed by atoms with Crippen LogP contribution in [-0.4, -0.2) is 34.2 Å². The SMILES string of the molecule is COC[C@H](N=CCc1ccc(OC)c(OC)c1)c1ccccc1. The Labute approximate surface area is 137 Å². The molecule has 4 nitrogen and oxygen atoms in total. The predicted octanol–water partition coefficient (Wildman–Crippen LogP) is 3.70. The summed E-state index contributed by atoms with van der Waals surface area (Å²) in [7, 11) is 4.97. The highest BCUT2D eigenvalue weighted by atomic mass is 16.5. The number of methoxy groups -OCH3 is 3. The van der Waals surface area contributed by atoms with Crippen LogP contribution in [0.4, 0.5) is 0 Å². The molecule has 2 aromatic rings. The largest absolute Gasteiger partial charge is 0.493 e.